The number of pyridine rings is 1. The van der Waals surface area contributed by atoms with Crippen LogP contribution >= 0.6 is 0 Å². The van der Waals surface area contributed by atoms with Crippen LogP contribution in [0.3, 0.4) is 0 Å². The first-order valence-electron chi connectivity index (χ1n) is 11.0. The fourth-order valence-electron chi connectivity index (χ4n) is 3.86. The second-order valence-electron chi connectivity index (χ2n) is 7.78. The summed E-state index contributed by atoms with van der Waals surface area (Å²) in [6.07, 6.45) is 3.84. The number of fused-ring (bicyclic) bond motifs is 3. The van der Waals surface area contributed by atoms with E-state index >= 15 is 0 Å². The normalized spacial score (nSPS) is 19.7. The molecule has 1 aliphatic heterocycles. The van der Waals surface area contributed by atoms with Crippen molar-refractivity contribution < 1.29 is 9.13 Å². The van der Waals surface area contributed by atoms with E-state index in [2.05, 4.69) is 9.98 Å². The van der Waals surface area contributed by atoms with Gasteiger partial charge in [0.1, 0.15) is 11.9 Å². The van der Waals surface area contributed by atoms with Gasteiger partial charge in [-0.1, -0.05) is 6.92 Å². The van der Waals surface area contributed by atoms with E-state index in [0.29, 0.717) is 53.4 Å². The van der Waals surface area contributed by atoms with Crippen molar-refractivity contribution in [3.8, 4) is 5.75 Å². The van der Waals surface area contributed by atoms with Gasteiger partial charge in [0.2, 0.25) is 0 Å². The number of nitrogens with zero attached hydrogens (tertiary/aromatic N) is 3. The molecule has 1 aromatic heterocycles. The van der Waals surface area contributed by atoms with Crippen LogP contribution in [0.2, 0.25) is 0 Å². The highest BCUT2D eigenvalue weighted by atomic mass is 19.1. The molecule has 0 radical (unpaired) electrons. The third kappa shape index (κ3) is 5.05. The molecule has 1 aliphatic rings. The fourth-order valence-corrected chi connectivity index (χ4v) is 3.86. The molecule has 2 aromatic rings. The molecule has 0 aliphatic carbocycles. The highest BCUT2D eigenvalue weighted by molar-refractivity contribution is 6.14. The average molecular weight is 451 g/mol. The monoisotopic (exact) mass is 450 g/mol. The van der Waals surface area contributed by atoms with Crippen LogP contribution in [-0.4, -0.2) is 30.5 Å². The first-order chi connectivity index (χ1) is 15.8. The minimum absolute atomic E-state index is 0.229. The second-order valence-corrected chi connectivity index (χ2v) is 7.78. The fraction of sp³-hybridized carbons (Fsp3) is 0.320. The Morgan fingerprint density at radius 3 is 2.70 bits per heavy atom. The number of rotatable bonds is 3. The lowest BCUT2D eigenvalue weighted by atomic mass is 9.90. The molecule has 1 aromatic carbocycles. The van der Waals surface area contributed by atoms with Gasteiger partial charge in [0, 0.05) is 66.1 Å². The Balaban J connectivity index is 2.41. The molecule has 2 heterocycles. The summed E-state index contributed by atoms with van der Waals surface area (Å²) in [5.74, 6) is 0.225. The van der Waals surface area contributed by atoms with Gasteiger partial charge in [0.25, 0.3) is 0 Å². The molecular formula is C25H31FN6O. The summed E-state index contributed by atoms with van der Waals surface area (Å²) in [5, 5.41) is 0. The molecule has 8 heteroatoms. The Kier molecular flexibility index (Phi) is 7.48. The maximum atomic E-state index is 14.2. The van der Waals surface area contributed by atoms with Crippen molar-refractivity contribution in [1.29, 1.82) is 0 Å². The Hall–Kier alpha value is -3.68. The molecule has 7 nitrogen and oxygen atoms in total. The predicted octanol–water partition coefficient (Wildman–Crippen LogP) is 4.15. The molecule has 2 bridgehead atoms. The molecule has 0 saturated heterocycles. The highest BCUT2D eigenvalue weighted by Gasteiger charge is 2.23. The summed E-state index contributed by atoms with van der Waals surface area (Å²) in [6.45, 7) is 6.30. The summed E-state index contributed by atoms with van der Waals surface area (Å²) in [5.41, 5.74) is 24.7. The van der Waals surface area contributed by atoms with E-state index in [9.17, 15) is 4.39 Å². The molecule has 3 rings (SSSR count). The number of nitrogen functional groups attached to an aromatic ring is 1. The van der Waals surface area contributed by atoms with Crippen LogP contribution < -0.4 is 21.9 Å². The van der Waals surface area contributed by atoms with Crippen molar-refractivity contribution in [2.24, 2.45) is 21.5 Å². The molecule has 33 heavy (non-hydrogen) atoms. The molecule has 1 atom stereocenters. The van der Waals surface area contributed by atoms with Crippen molar-refractivity contribution in [1.82, 2.24) is 4.98 Å². The van der Waals surface area contributed by atoms with Crippen LogP contribution in [0, 0.1) is 5.82 Å². The zero-order chi connectivity index (χ0) is 24.1. The third-order valence-electron chi connectivity index (χ3n) is 5.57. The van der Waals surface area contributed by atoms with E-state index in [1.54, 1.807) is 31.6 Å². The first kappa shape index (κ1) is 24.0. The number of aromatic nitrogens is 1. The number of nitrogens with two attached hydrogens (primary N) is 3. The van der Waals surface area contributed by atoms with Crippen molar-refractivity contribution in [3.63, 3.8) is 0 Å². The van der Waals surface area contributed by atoms with E-state index in [1.165, 1.54) is 12.1 Å². The van der Waals surface area contributed by atoms with Crippen molar-refractivity contribution in [2.45, 2.75) is 39.7 Å². The highest BCUT2D eigenvalue weighted by Crippen LogP contribution is 2.34. The Morgan fingerprint density at radius 2 is 2.03 bits per heavy atom. The molecule has 0 amide bonds. The molecule has 6 N–H and O–H groups in total. The van der Waals surface area contributed by atoms with Gasteiger partial charge in [-0.3, -0.25) is 9.98 Å². The number of halogens is 1. The van der Waals surface area contributed by atoms with Crippen molar-refractivity contribution in [3.05, 3.63) is 69.8 Å². The van der Waals surface area contributed by atoms with Gasteiger partial charge in [-0.15, -0.1) is 0 Å². The van der Waals surface area contributed by atoms with Crippen LogP contribution in [0.4, 0.5) is 10.2 Å². The van der Waals surface area contributed by atoms with Gasteiger partial charge in [-0.2, -0.15) is 0 Å². The number of benzene rings is 1. The van der Waals surface area contributed by atoms with Crippen LogP contribution in [0.25, 0.3) is 5.70 Å². The lowest BCUT2D eigenvalue weighted by molar-refractivity contribution is 0.226. The molecule has 0 saturated carbocycles. The number of hydrogen-bond acceptors (Lipinski definition) is 7. The van der Waals surface area contributed by atoms with E-state index in [-0.39, 0.29) is 11.6 Å². The summed E-state index contributed by atoms with van der Waals surface area (Å²) in [4.78, 5) is 13.3. The van der Waals surface area contributed by atoms with Gasteiger partial charge >= 0.3 is 0 Å². The molecule has 0 fully saturated rings. The van der Waals surface area contributed by atoms with E-state index in [0.717, 1.165) is 16.7 Å². The number of aliphatic imine (C=N–C) groups is 2. The van der Waals surface area contributed by atoms with Crippen LogP contribution in [0.1, 0.15) is 56.4 Å². The van der Waals surface area contributed by atoms with Gasteiger partial charge in [0.05, 0.1) is 5.71 Å². The standard InChI is InChI=1S/C25H31FN6O/c1-5-21(27)20-9-15(12-30-4)23(28)18-8-7-17(26)11-19(18)14(3)33-22-10-16(13-32-25(22)29)24(20)31-6-2/h7-8,10-14H,5-6,9,27-28H2,1-4H3,(H2,29,32). The second kappa shape index (κ2) is 10.3. The number of hydrogen-bond donors (Lipinski definition) is 3. The number of anilines is 1. The molecular weight excluding hydrogens is 419 g/mol. The van der Waals surface area contributed by atoms with Crippen molar-refractivity contribution >= 4 is 23.4 Å². The van der Waals surface area contributed by atoms with Gasteiger partial charge < -0.3 is 21.9 Å². The van der Waals surface area contributed by atoms with Crippen LogP contribution in [-0.2, 0) is 0 Å². The number of allylic oxidation sites excluding steroid dienone is 3. The molecule has 1 unspecified atom stereocenters. The Morgan fingerprint density at radius 1 is 1.27 bits per heavy atom. The zero-order valence-electron chi connectivity index (χ0n) is 19.5. The Bertz CT molecular complexity index is 1170. The minimum atomic E-state index is -0.546. The maximum absolute atomic E-state index is 14.2. The zero-order valence-corrected chi connectivity index (χ0v) is 19.5. The average Bonchev–Trinajstić information content (AvgIpc) is 2.80. The number of ether oxygens (including phenoxy) is 1. The summed E-state index contributed by atoms with van der Waals surface area (Å²) < 4.78 is 20.4. The summed E-state index contributed by atoms with van der Waals surface area (Å²) in [6, 6.07) is 6.26. The predicted molar refractivity (Wildman–Crippen MR) is 133 cm³/mol. The summed E-state index contributed by atoms with van der Waals surface area (Å²) in [7, 11) is 1.68. The summed E-state index contributed by atoms with van der Waals surface area (Å²) >= 11 is 0. The van der Waals surface area contributed by atoms with Crippen molar-refractivity contribution in [2.75, 3.05) is 19.3 Å². The largest absolute Gasteiger partial charge is 0.482 e. The van der Waals surface area contributed by atoms with Crippen LogP contribution in [0.5, 0.6) is 5.75 Å². The SMILES string of the molecule is CCN=C1C(=C(N)CC)CC(C=NC)=C(N)c2ccc(F)cc2C(C)Oc2cc1cnc2N. The lowest BCUT2D eigenvalue weighted by Crippen LogP contribution is -2.18. The van der Waals surface area contributed by atoms with Gasteiger partial charge in [-0.05, 0) is 50.1 Å². The first-order valence-corrected chi connectivity index (χ1v) is 11.0. The van der Waals surface area contributed by atoms with E-state index in [1.807, 2.05) is 20.8 Å². The molecule has 174 valence electrons. The molecule has 0 spiro atoms. The van der Waals surface area contributed by atoms with E-state index < -0.39 is 6.10 Å². The maximum Gasteiger partial charge on any atom is 0.166 e. The van der Waals surface area contributed by atoms with Gasteiger partial charge in [-0.25, -0.2) is 9.37 Å². The van der Waals surface area contributed by atoms with E-state index in [4.69, 9.17) is 26.9 Å². The topological polar surface area (TPSA) is 125 Å². The third-order valence-corrected chi connectivity index (χ3v) is 5.57. The minimum Gasteiger partial charge on any atom is -0.482 e. The quantitative estimate of drug-likeness (QED) is 0.606. The van der Waals surface area contributed by atoms with Crippen LogP contribution in [0.15, 0.2) is 57.3 Å². The smallest absolute Gasteiger partial charge is 0.166 e. The Labute approximate surface area is 194 Å². The lowest BCUT2D eigenvalue weighted by Gasteiger charge is -2.23. The van der Waals surface area contributed by atoms with Gasteiger partial charge in [0.15, 0.2) is 11.6 Å².